The second-order valence-electron chi connectivity index (χ2n) is 6.04. The molecule has 0 atom stereocenters. The maximum absolute atomic E-state index is 10.9. The van der Waals surface area contributed by atoms with Crippen LogP contribution in [0.1, 0.15) is 44.6 Å². The highest BCUT2D eigenvalue weighted by Gasteiger charge is 2.32. The van der Waals surface area contributed by atoms with E-state index in [9.17, 15) is 15.2 Å². The van der Waals surface area contributed by atoms with Crippen molar-refractivity contribution in [2.45, 2.75) is 51.6 Å². The lowest BCUT2D eigenvalue weighted by molar-refractivity contribution is -0.385. The number of rotatable bonds is 5. The normalized spacial score (nSPS) is 25.6. The van der Waals surface area contributed by atoms with Crippen LogP contribution in [-0.4, -0.2) is 27.2 Å². The lowest BCUT2D eigenvalue weighted by Gasteiger charge is -2.36. The van der Waals surface area contributed by atoms with Crippen LogP contribution >= 0.6 is 0 Å². The minimum atomic E-state index is -0.729. The molecule has 0 spiro atoms. The highest BCUT2D eigenvalue weighted by Crippen LogP contribution is 2.33. The van der Waals surface area contributed by atoms with Crippen LogP contribution in [0, 0.1) is 23.0 Å². The fourth-order valence-corrected chi connectivity index (χ4v) is 2.86. The largest absolute Gasteiger partial charge is 0.388 e. The summed E-state index contributed by atoms with van der Waals surface area (Å²) in [6.07, 6.45) is 6.26. The molecule has 1 aromatic heterocycles. The van der Waals surface area contributed by atoms with E-state index in [1.807, 2.05) is 0 Å². The standard InChI is InChI=1S/C15H23N3O3/c1-3-12-4-6-15(19,7-5-12)10-17-14-8-13(18(20)21)11(2)9-16-14/h8-9,12,19H,3-7,10H2,1-2H3,(H,16,17). The molecule has 0 bridgehead atoms. The molecule has 0 radical (unpaired) electrons. The van der Waals surface area contributed by atoms with E-state index in [0.717, 1.165) is 32.1 Å². The summed E-state index contributed by atoms with van der Waals surface area (Å²) in [6.45, 7) is 4.23. The zero-order valence-corrected chi connectivity index (χ0v) is 12.6. The van der Waals surface area contributed by atoms with Crippen LogP contribution < -0.4 is 5.32 Å². The fourth-order valence-electron chi connectivity index (χ4n) is 2.86. The van der Waals surface area contributed by atoms with Gasteiger partial charge in [-0.3, -0.25) is 10.1 Å². The summed E-state index contributed by atoms with van der Waals surface area (Å²) in [5.74, 6) is 1.15. The molecule has 2 N–H and O–H groups in total. The van der Waals surface area contributed by atoms with Gasteiger partial charge in [0.1, 0.15) is 5.82 Å². The van der Waals surface area contributed by atoms with Gasteiger partial charge in [-0.1, -0.05) is 13.3 Å². The molecule has 2 rings (SSSR count). The Morgan fingerprint density at radius 2 is 2.19 bits per heavy atom. The quantitative estimate of drug-likeness (QED) is 0.643. The van der Waals surface area contributed by atoms with Gasteiger partial charge in [-0.05, 0) is 38.5 Å². The number of hydrogen-bond acceptors (Lipinski definition) is 5. The van der Waals surface area contributed by atoms with Crippen LogP contribution in [0.4, 0.5) is 11.5 Å². The Balaban J connectivity index is 1.97. The Hall–Kier alpha value is -1.69. The number of aryl methyl sites for hydroxylation is 1. The van der Waals surface area contributed by atoms with E-state index in [1.54, 1.807) is 6.92 Å². The van der Waals surface area contributed by atoms with E-state index in [4.69, 9.17) is 0 Å². The summed E-state index contributed by atoms with van der Waals surface area (Å²) < 4.78 is 0. The average Bonchev–Trinajstić information content (AvgIpc) is 2.47. The average molecular weight is 293 g/mol. The number of anilines is 1. The van der Waals surface area contributed by atoms with Crippen LogP contribution in [0.5, 0.6) is 0 Å². The highest BCUT2D eigenvalue weighted by atomic mass is 16.6. The summed E-state index contributed by atoms with van der Waals surface area (Å²) in [4.78, 5) is 14.6. The van der Waals surface area contributed by atoms with Gasteiger partial charge >= 0.3 is 0 Å². The molecule has 0 aliphatic heterocycles. The van der Waals surface area contributed by atoms with E-state index in [2.05, 4.69) is 17.2 Å². The first kappa shape index (κ1) is 15.7. The summed E-state index contributed by atoms with van der Waals surface area (Å²) in [5, 5.41) is 24.5. The zero-order valence-electron chi connectivity index (χ0n) is 12.6. The van der Waals surface area contributed by atoms with E-state index in [1.165, 1.54) is 12.3 Å². The van der Waals surface area contributed by atoms with Crippen molar-refractivity contribution in [3.8, 4) is 0 Å². The molecule has 0 saturated heterocycles. The van der Waals surface area contributed by atoms with Crippen molar-refractivity contribution in [2.24, 2.45) is 5.92 Å². The van der Waals surface area contributed by atoms with E-state index >= 15 is 0 Å². The molecule has 1 saturated carbocycles. The van der Waals surface area contributed by atoms with Crippen molar-refractivity contribution in [3.63, 3.8) is 0 Å². The molecule has 116 valence electrons. The Morgan fingerprint density at radius 1 is 1.52 bits per heavy atom. The lowest BCUT2D eigenvalue weighted by atomic mass is 9.78. The van der Waals surface area contributed by atoms with Crippen molar-refractivity contribution in [3.05, 3.63) is 27.9 Å². The van der Waals surface area contributed by atoms with Crippen LogP contribution in [0.25, 0.3) is 0 Å². The third-order valence-electron chi connectivity index (χ3n) is 4.48. The minimum Gasteiger partial charge on any atom is -0.388 e. The number of nitrogens with one attached hydrogen (secondary N) is 1. The number of pyridine rings is 1. The van der Waals surface area contributed by atoms with Crippen molar-refractivity contribution in [1.29, 1.82) is 0 Å². The molecule has 0 amide bonds. The molecule has 21 heavy (non-hydrogen) atoms. The van der Waals surface area contributed by atoms with E-state index < -0.39 is 10.5 Å². The third kappa shape index (κ3) is 3.91. The zero-order chi connectivity index (χ0) is 15.5. The monoisotopic (exact) mass is 293 g/mol. The SMILES string of the molecule is CCC1CCC(O)(CNc2cc([N+](=O)[O-])c(C)cn2)CC1. The molecule has 1 fully saturated rings. The maximum atomic E-state index is 10.9. The predicted octanol–water partition coefficient (Wildman–Crippen LogP) is 3.04. The topological polar surface area (TPSA) is 88.3 Å². The summed E-state index contributed by atoms with van der Waals surface area (Å²) in [6, 6.07) is 1.43. The van der Waals surface area contributed by atoms with E-state index in [-0.39, 0.29) is 5.69 Å². The second kappa shape index (κ2) is 6.39. The van der Waals surface area contributed by atoms with Crippen LogP contribution in [0.3, 0.4) is 0 Å². The molecule has 1 aromatic rings. The second-order valence-corrected chi connectivity index (χ2v) is 6.04. The first-order valence-corrected chi connectivity index (χ1v) is 7.51. The molecule has 1 heterocycles. The van der Waals surface area contributed by atoms with Gasteiger partial charge in [0.15, 0.2) is 0 Å². The molecular formula is C15H23N3O3. The Morgan fingerprint density at radius 3 is 2.76 bits per heavy atom. The van der Waals surface area contributed by atoms with Gasteiger partial charge in [0.05, 0.1) is 16.6 Å². The third-order valence-corrected chi connectivity index (χ3v) is 4.48. The number of nitrogens with zero attached hydrogens (tertiary/aromatic N) is 2. The van der Waals surface area contributed by atoms with Crippen LogP contribution in [0.2, 0.25) is 0 Å². The van der Waals surface area contributed by atoms with Gasteiger partial charge in [0.25, 0.3) is 5.69 Å². The summed E-state index contributed by atoms with van der Waals surface area (Å²) >= 11 is 0. The maximum Gasteiger partial charge on any atom is 0.277 e. The predicted molar refractivity (Wildman–Crippen MR) is 81.3 cm³/mol. The fraction of sp³-hybridized carbons (Fsp3) is 0.667. The van der Waals surface area contributed by atoms with Gasteiger partial charge < -0.3 is 10.4 Å². The smallest absolute Gasteiger partial charge is 0.277 e. The number of aromatic nitrogens is 1. The van der Waals surface area contributed by atoms with Gasteiger partial charge in [-0.25, -0.2) is 4.98 Å². The highest BCUT2D eigenvalue weighted by molar-refractivity contribution is 5.49. The van der Waals surface area contributed by atoms with Gasteiger partial charge in [-0.2, -0.15) is 0 Å². The lowest BCUT2D eigenvalue weighted by Crippen LogP contribution is -2.40. The summed E-state index contributed by atoms with van der Waals surface area (Å²) in [5.41, 5.74) is -0.144. The molecule has 6 heteroatoms. The molecule has 0 unspecified atom stereocenters. The Labute approximate surface area is 124 Å². The number of hydrogen-bond donors (Lipinski definition) is 2. The molecule has 1 aliphatic rings. The van der Waals surface area contributed by atoms with Crippen molar-refractivity contribution < 1.29 is 10.0 Å². The first-order valence-electron chi connectivity index (χ1n) is 7.51. The molecule has 0 aromatic carbocycles. The van der Waals surface area contributed by atoms with Gasteiger partial charge in [0.2, 0.25) is 0 Å². The Bertz CT molecular complexity index is 511. The molecule has 1 aliphatic carbocycles. The van der Waals surface area contributed by atoms with E-state index in [0.29, 0.717) is 23.8 Å². The summed E-state index contributed by atoms with van der Waals surface area (Å²) in [7, 11) is 0. The van der Waals surface area contributed by atoms with Gasteiger partial charge in [-0.15, -0.1) is 0 Å². The van der Waals surface area contributed by atoms with Crippen LogP contribution in [0.15, 0.2) is 12.3 Å². The first-order chi connectivity index (χ1) is 9.93. The minimum absolute atomic E-state index is 0.0502. The van der Waals surface area contributed by atoms with Crippen molar-refractivity contribution in [1.82, 2.24) is 4.98 Å². The van der Waals surface area contributed by atoms with Crippen LogP contribution in [-0.2, 0) is 0 Å². The van der Waals surface area contributed by atoms with Crippen molar-refractivity contribution >= 4 is 11.5 Å². The Kier molecular flexibility index (Phi) is 4.77. The number of aliphatic hydroxyl groups is 1. The molecular weight excluding hydrogens is 270 g/mol. The number of nitro groups is 1. The van der Waals surface area contributed by atoms with Gasteiger partial charge in [0, 0.05) is 18.3 Å². The molecule has 6 nitrogen and oxygen atoms in total. The van der Waals surface area contributed by atoms with Crippen molar-refractivity contribution in [2.75, 3.05) is 11.9 Å².